The summed E-state index contributed by atoms with van der Waals surface area (Å²) in [6, 6.07) is 24.9. The van der Waals surface area contributed by atoms with Gasteiger partial charge in [-0.25, -0.2) is 0 Å². The quantitative estimate of drug-likeness (QED) is 0.436. The molecule has 1 amide bonds. The van der Waals surface area contributed by atoms with Crippen molar-refractivity contribution >= 4 is 28.3 Å². The van der Waals surface area contributed by atoms with E-state index < -0.39 is 6.04 Å². The molecule has 5 heteroatoms. The Labute approximate surface area is 179 Å². The Morgan fingerprint density at radius 3 is 2.50 bits per heavy atom. The third-order valence-corrected chi connectivity index (χ3v) is 5.30. The Kier molecular flexibility index (Phi) is 5.59. The van der Waals surface area contributed by atoms with Crippen LogP contribution >= 0.6 is 11.6 Å². The number of amides is 1. The highest BCUT2D eigenvalue weighted by Crippen LogP contribution is 2.36. The predicted molar refractivity (Wildman–Crippen MR) is 119 cm³/mol. The number of methoxy groups -OCH3 is 1. The highest BCUT2D eigenvalue weighted by molar-refractivity contribution is 6.30. The maximum absolute atomic E-state index is 13.1. The minimum absolute atomic E-state index is 0.111. The average molecular weight is 418 g/mol. The third kappa shape index (κ3) is 3.95. The molecular weight excluding hydrogens is 398 g/mol. The number of hydrogen-bond donors (Lipinski definition) is 2. The zero-order valence-corrected chi connectivity index (χ0v) is 17.1. The van der Waals surface area contributed by atoms with E-state index in [1.54, 1.807) is 49.6 Å². The number of carbonyl (C=O) groups is 1. The zero-order chi connectivity index (χ0) is 21.1. The number of carbonyl (C=O) groups excluding carboxylic acids is 1. The number of phenolic OH excluding ortho intramolecular Hbond substituents is 1. The summed E-state index contributed by atoms with van der Waals surface area (Å²) >= 11 is 6.07. The third-order valence-electron chi connectivity index (χ3n) is 5.05. The summed E-state index contributed by atoms with van der Waals surface area (Å²) in [5.41, 5.74) is 1.90. The van der Waals surface area contributed by atoms with Crippen molar-refractivity contribution in [3.05, 3.63) is 107 Å². The lowest BCUT2D eigenvalue weighted by Crippen LogP contribution is -2.29. The summed E-state index contributed by atoms with van der Waals surface area (Å²) in [6.07, 6.45) is 0. The summed E-state index contributed by atoms with van der Waals surface area (Å²) in [7, 11) is 1.56. The fourth-order valence-electron chi connectivity index (χ4n) is 3.54. The second kappa shape index (κ2) is 8.47. The van der Waals surface area contributed by atoms with Crippen LogP contribution in [0.4, 0.5) is 0 Å². The van der Waals surface area contributed by atoms with Gasteiger partial charge in [-0.3, -0.25) is 4.79 Å². The van der Waals surface area contributed by atoms with E-state index in [2.05, 4.69) is 5.32 Å². The van der Waals surface area contributed by atoms with Crippen LogP contribution in [0.5, 0.6) is 11.5 Å². The van der Waals surface area contributed by atoms with E-state index in [1.165, 1.54) is 0 Å². The van der Waals surface area contributed by atoms with Crippen molar-refractivity contribution in [2.24, 2.45) is 0 Å². The first-order valence-electron chi connectivity index (χ1n) is 9.48. The number of nitrogens with one attached hydrogen (secondary N) is 1. The molecule has 0 bridgehead atoms. The lowest BCUT2D eigenvalue weighted by molar-refractivity contribution is 0.0942. The van der Waals surface area contributed by atoms with Gasteiger partial charge in [-0.2, -0.15) is 0 Å². The van der Waals surface area contributed by atoms with E-state index in [4.69, 9.17) is 16.3 Å². The highest BCUT2D eigenvalue weighted by Gasteiger charge is 2.23. The molecule has 4 aromatic carbocycles. The number of hydrogen-bond acceptors (Lipinski definition) is 3. The van der Waals surface area contributed by atoms with Crippen molar-refractivity contribution in [3.63, 3.8) is 0 Å². The van der Waals surface area contributed by atoms with Crippen LogP contribution in [0, 0.1) is 0 Å². The number of benzene rings is 4. The fraction of sp³-hybridized carbons (Fsp3) is 0.0800. The standard InChI is InChI=1S/C25H20ClNO3/c1-30-20-7-4-6-18(15-20)25(29)27-24(17-9-12-19(26)13-10-17)23-21-8-3-2-5-16(21)11-14-22(23)28/h2-15,24,28H,1H3,(H,27,29)/t24-/m0/s1. The molecule has 2 N–H and O–H groups in total. The Morgan fingerprint density at radius 1 is 0.967 bits per heavy atom. The topological polar surface area (TPSA) is 58.6 Å². The molecule has 0 aliphatic heterocycles. The number of phenols is 1. The van der Waals surface area contributed by atoms with Crippen LogP contribution in [-0.2, 0) is 0 Å². The number of fused-ring (bicyclic) bond motifs is 1. The lowest BCUT2D eigenvalue weighted by Gasteiger charge is -2.23. The molecule has 0 unspecified atom stereocenters. The number of aromatic hydroxyl groups is 1. The van der Waals surface area contributed by atoms with Gasteiger partial charge in [-0.15, -0.1) is 0 Å². The molecule has 0 radical (unpaired) electrons. The van der Waals surface area contributed by atoms with Gasteiger partial charge in [0.15, 0.2) is 0 Å². The Bertz CT molecular complexity index is 1200. The maximum atomic E-state index is 13.1. The Hall–Kier alpha value is -3.50. The van der Waals surface area contributed by atoms with E-state index in [1.807, 2.05) is 42.5 Å². The molecular formula is C25H20ClNO3. The van der Waals surface area contributed by atoms with E-state index in [9.17, 15) is 9.90 Å². The summed E-state index contributed by atoms with van der Waals surface area (Å²) in [5.74, 6) is 0.430. The molecule has 0 heterocycles. The van der Waals surface area contributed by atoms with E-state index in [-0.39, 0.29) is 11.7 Å². The molecule has 0 spiro atoms. The molecule has 0 saturated carbocycles. The first-order valence-corrected chi connectivity index (χ1v) is 9.85. The van der Waals surface area contributed by atoms with E-state index in [0.717, 1.165) is 16.3 Å². The molecule has 0 aliphatic carbocycles. The molecule has 4 rings (SSSR count). The van der Waals surface area contributed by atoms with Crippen molar-refractivity contribution in [3.8, 4) is 11.5 Å². The molecule has 0 aromatic heterocycles. The smallest absolute Gasteiger partial charge is 0.252 e. The van der Waals surface area contributed by atoms with Gasteiger partial charge < -0.3 is 15.2 Å². The van der Waals surface area contributed by atoms with Crippen molar-refractivity contribution in [2.75, 3.05) is 7.11 Å². The average Bonchev–Trinajstić information content (AvgIpc) is 2.78. The van der Waals surface area contributed by atoms with E-state index >= 15 is 0 Å². The minimum atomic E-state index is -0.577. The van der Waals surface area contributed by atoms with Gasteiger partial charge in [-0.1, -0.05) is 60.1 Å². The van der Waals surface area contributed by atoms with Crippen LogP contribution in [0.3, 0.4) is 0 Å². The van der Waals surface area contributed by atoms with Gasteiger partial charge in [0.25, 0.3) is 5.91 Å². The number of halogens is 1. The molecule has 0 aliphatic rings. The summed E-state index contributed by atoms with van der Waals surface area (Å²) in [6.45, 7) is 0. The molecule has 1 atom stereocenters. The minimum Gasteiger partial charge on any atom is -0.508 e. The molecule has 4 nitrogen and oxygen atoms in total. The summed E-state index contributed by atoms with van der Waals surface area (Å²) < 4.78 is 5.23. The maximum Gasteiger partial charge on any atom is 0.252 e. The van der Waals surface area contributed by atoms with Gasteiger partial charge in [0.1, 0.15) is 11.5 Å². The van der Waals surface area contributed by atoms with Crippen LogP contribution in [0.1, 0.15) is 27.5 Å². The van der Waals surface area contributed by atoms with Gasteiger partial charge in [0, 0.05) is 16.1 Å². The zero-order valence-electron chi connectivity index (χ0n) is 16.3. The van der Waals surface area contributed by atoms with Crippen LogP contribution in [-0.4, -0.2) is 18.1 Å². The normalized spacial score (nSPS) is 11.8. The van der Waals surface area contributed by atoms with Crippen molar-refractivity contribution in [2.45, 2.75) is 6.04 Å². The molecule has 4 aromatic rings. The van der Waals surface area contributed by atoms with Crippen LogP contribution in [0.2, 0.25) is 5.02 Å². The Morgan fingerprint density at radius 2 is 1.73 bits per heavy atom. The second-order valence-corrected chi connectivity index (χ2v) is 7.35. The highest BCUT2D eigenvalue weighted by atomic mass is 35.5. The monoisotopic (exact) mass is 417 g/mol. The molecule has 0 fully saturated rings. The largest absolute Gasteiger partial charge is 0.508 e. The molecule has 150 valence electrons. The van der Waals surface area contributed by atoms with Crippen molar-refractivity contribution < 1.29 is 14.6 Å². The van der Waals surface area contributed by atoms with E-state index in [0.29, 0.717) is 21.9 Å². The number of ether oxygens (including phenoxy) is 1. The SMILES string of the molecule is COc1cccc(C(=O)N[C@@H](c2ccc(Cl)cc2)c2c(O)ccc3ccccc23)c1. The van der Waals surface area contributed by atoms with Gasteiger partial charge in [-0.05, 0) is 52.7 Å². The van der Waals surface area contributed by atoms with Gasteiger partial charge >= 0.3 is 0 Å². The summed E-state index contributed by atoms with van der Waals surface area (Å²) in [4.78, 5) is 13.1. The second-order valence-electron chi connectivity index (χ2n) is 6.91. The van der Waals surface area contributed by atoms with Crippen LogP contribution in [0.15, 0.2) is 84.9 Å². The summed E-state index contributed by atoms with van der Waals surface area (Å²) in [5, 5.41) is 16.3. The van der Waals surface area contributed by atoms with Gasteiger partial charge in [0.2, 0.25) is 0 Å². The van der Waals surface area contributed by atoms with Gasteiger partial charge in [0.05, 0.1) is 13.2 Å². The first-order chi connectivity index (χ1) is 14.6. The molecule has 30 heavy (non-hydrogen) atoms. The lowest BCUT2D eigenvalue weighted by atomic mass is 9.92. The first kappa shape index (κ1) is 19.8. The fourth-order valence-corrected chi connectivity index (χ4v) is 3.67. The van der Waals surface area contributed by atoms with Crippen LogP contribution in [0.25, 0.3) is 10.8 Å². The van der Waals surface area contributed by atoms with Crippen molar-refractivity contribution in [1.82, 2.24) is 5.32 Å². The van der Waals surface area contributed by atoms with Crippen LogP contribution < -0.4 is 10.1 Å². The van der Waals surface area contributed by atoms with Crippen molar-refractivity contribution in [1.29, 1.82) is 0 Å². The number of rotatable bonds is 5. The Balaban J connectivity index is 1.83. The predicted octanol–water partition coefficient (Wildman–Crippen LogP) is 5.73. The molecule has 0 saturated heterocycles.